The molecule has 2 aromatic rings. The highest BCUT2D eigenvalue weighted by Gasteiger charge is 2.12. The highest BCUT2D eigenvalue weighted by atomic mass is 79.9. The molecule has 0 heterocycles. The topological polar surface area (TPSA) is 47.3 Å². The Morgan fingerprint density at radius 1 is 1.25 bits per heavy atom. The molecule has 0 saturated heterocycles. The molecule has 0 spiro atoms. The standard InChI is InChI=1S/C16H19BrN2O/c1-11-7-8-12(9-13(11)17)15(10-18)19-14-5-3-4-6-16(14)20-2/h3-9,15,19H,10,18H2,1-2H3. The van der Waals surface area contributed by atoms with Crippen LogP contribution in [0.25, 0.3) is 0 Å². The van der Waals surface area contributed by atoms with E-state index >= 15 is 0 Å². The summed E-state index contributed by atoms with van der Waals surface area (Å²) in [5, 5.41) is 3.44. The summed E-state index contributed by atoms with van der Waals surface area (Å²) in [6.45, 7) is 2.58. The van der Waals surface area contributed by atoms with Crippen molar-refractivity contribution < 1.29 is 4.74 Å². The zero-order chi connectivity index (χ0) is 14.5. The molecule has 0 bridgehead atoms. The number of rotatable bonds is 5. The van der Waals surface area contributed by atoms with Crippen molar-refractivity contribution in [3.63, 3.8) is 0 Å². The normalized spacial score (nSPS) is 12.0. The lowest BCUT2D eigenvalue weighted by atomic mass is 10.0. The van der Waals surface area contributed by atoms with Gasteiger partial charge in [0.05, 0.1) is 18.8 Å². The minimum atomic E-state index is 0.0446. The number of anilines is 1. The van der Waals surface area contributed by atoms with E-state index in [9.17, 15) is 0 Å². The quantitative estimate of drug-likeness (QED) is 0.872. The SMILES string of the molecule is COc1ccccc1NC(CN)c1ccc(C)c(Br)c1. The maximum absolute atomic E-state index is 5.91. The first-order valence-corrected chi connectivity index (χ1v) is 7.30. The Labute approximate surface area is 128 Å². The van der Waals surface area contributed by atoms with E-state index in [-0.39, 0.29) is 6.04 Å². The summed E-state index contributed by atoms with van der Waals surface area (Å²) in [6, 6.07) is 14.2. The molecule has 0 aliphatic rings. The van der Waals surface area contributed by atoms with Crippen molar-refractivity contribution in [3.8, 4) is 5.75 Å². The summed E-state index contributed by atoms with van der Waals surface area (Å²) in [5.41, 5.74) is 9.22. The second-order valence-corrected chi connectivity index (χ2v) is 5.50. The lowest BCUT2D eigenvalue weighted by molar-refractivity contribution is 0.416. The molecule has 0 aliphatic carbocycles. The number of hydrogen-bond acceptors (Lipinski definition) is 3. The van der Waals surface area contributed by atoms with Crippen LogP contribution in [-0.2, 0) is 0 Å². The molecule has 0 saturated carbocycles. The molecule has 3 nitrogen and oxygen atoms in total. The third kappa shape index (κ3) is 3.32. The van der Waals surface area contributed by atoms with Crippen LogP contribution in [-0.4, -0.2) is 13.7 Å². The molecule has 0 aromatic heterocycles. The largest absolute Gasteiger partial charge is 0.495 e. The lowest BCUT2D eigenvalue weighted by Gasteiger charge is -2.21. The molecule has 0 aliphatic heterocycles. The second-order valence-electron chi connectivity index (χ2n) is 4.64. The molecule has 0 radical (unpaired) electrons. The van der Waals surface area contributed by atoms with Crippen LogP contribution in [0.1, 0.15) is 17.2 Å². The predicted octanol–water partition coefficient (Wildman–Crippen LogP) is 3.88. The average Bonchev–Trinajstić information content (AvgIpc) is 2.48. The summed E-state index contributed by atoms with van der Waals surface area (Å²) < 4.78 is 6.45. The molecule has 0 fully saturated rings. The van der Waals surface area contributed by atoms with Gasteiger partial charge in [0.15, 0.2) is 0 Å². The number of para-hydroxylation sites is 2. The zero-order valence-corrected chi connectivity index (χ0v) is 13.3. The number of methoxy groups -OCH3 is 1. The summed E-state index contributed by atoms with van der Waals surface area (Å²) >= 11 is 3.56. The van der Waals surface area contributed by atoms with E-state index in [1.807, 2.05) is 24.3 Å². The van der Waals surface area contributed by atoms with Crippen molar-refractivity contribution in [2.75, 3.05) is 19.0 Å². The van der Waals surface area contributed by atoms with Gasteiger partial charge in [0.1, 0.15) is 5.75 Å². The monoisotopic (exact) mass is 334 g/mol. The van der Waals surface area contributed by atoms with Crippen molar-refractivity contribution in [2.24, 2.45) is 5.73 Å². The van der Waals surface area contributed by atoms with E-state index in [4.69, 9.17) is 10.5 Å². The van der Waals surface area contributed by atoms with Gasteiger partial charge in [0, 0.05) is 11.0 Å². The molecule has 20 heavy (non-hydrogen) atoms. The van der Waals surface area contributed by atoms with Crippen molar-refractivity contribution >= 4 is 21.6 Å². The number of ether oxygens (including phenoxy) is 1. The van der Waals surface area contributed by atoms with Gasteiger partial charge in [-0.25, -0.2) is 0 Å². The van der Waals surface area contributed by atoms with E-state index < -0.39 is 0 Å². The first-order valence-electron chi connectivity index (χ1n) is 6.51. The van der Waals surface area contributed by atoms with Crippen LogP contribution in [0.5, 0.6) is 5.75 Å². The van der Waals surface area contributed by atoms with Crippen LogP contribution in [0.3, 0.4) is 0 Å². The summed E-state index contributed by atoms with van der Waals surface area (Å²) in [7, 11) is 1.67. The van der Waals surface area contributed by atoms with Gasteiger partial charge in [-0.05, 0) is 36.2 Å². The third-order valence-electron chi connectivity index (χ3n) is 3.27. The lowest BCUT2D eigenvalue weighted by Crippen LogP contribution is -2.21. The van der Waals surface area contributed by atoms with Crippen LogP contribution in [0.2, 0.25) is 0 Å². The van der Waals surface area contributed by atoms with Gasteiger partial charge in [-0.1, -0.05) is 40.2 Å². The van der Waals surface area contributed by atoms with Crippen molar-refractivity contribution in [3.05, 3.63) is 58.1 Å². The van der Waals surface area contributed by atoms with Crippen LogP contribution in [0, 0.1) is 6.92 Å². The minimum absolute atomic E-state index is 0.0446. The maximum Gasteiger partial charge on any atom is 0.141 e. The van der Waals surface area contributed by atoms with Crippen LogP contribution >= 0.6 is 15.9 Å². The molecule has 2 rings (SSSR count). The highest BCUT2D eigenvalue weighted by Crippen LogP contribution is 2.29. The van der Waals surface area contributed by atoms with Crippen molar-refractivity contribution in [1.82, 2.24) is 0 Å². The van der Waals surface area contributed by atoms with Gasteiger partial charge in [0.25, 0.3) is 0 Å². The molecular weight excluding hydrogens is 316 g/mol. The fraction of sp³-hybridized carbons (Fsp3) is 0.250. The molecular formula is C16H19BrN2O. The van der Waals surface area contributed by atoms with Gasteiger partial charge >= 0.3 is 0 Å². The van der Waals surface area contributed by atoms with Gasteiger partial charge < -0.3 is 15.8 Å². The highest BCUT2D eigenvalue weighted by molar-refractivity contribution is 9.10. The first-order chi connectivity index (χ1) is 9.65. The molecule has 4 heteroatoms. The summed E-state index contributed by atoms with van der Waals surface area (Å²) in [4.78, 5) is 0. The summed E-state index contributed by atoms with van der Waals surface area (Å²) in [5.74, 6) is 0.817. The van der Waals surface area contributed by atoms with Crippen LogP contribution < -0.4 is 15.8 Å². The zero-order valence-electron chi connectivity index (χ0n) is 11.7. The smallest absolute Gasteiger partial charge is 0.141 e. The van der Waals surface area contributed by atoms with E-state index in [1.54, 1.807) is 7.11 Å². The number of aryl methyl sites for hydroxylation is 1. The van der Waals surface area contributed by atoms with E-state index in [2.05, 4.69) is 46.4 Å². The Balaban J connectivity index is 2.26. The Kier molecular flexibility index (Phi) is 5.04. The Morgan fingerprint density at radius 3 is 2.65 bits per heavy atom. The molecule has 0 amide bonds. The number of nitrogens with two attached hydrogens (primary N) is 1. The number of nitrogens with one attached hydrogen (secondary N) is 1. The van der Waals surface area contributed by atoms with Gasteiger partial charge in [0.2, 0.25) is 0 Å². The summed E-state index contributed by atoms with van der Waals surface area (Å²) in [6.07, 6.45) is 0. The molecule has 1 atom stereocenters. The Bertz CT molecular complexity index is 586. The number of hydrogen-bond donors (Lipinski definition) is 2. The minimum Gasteiger partial charge on any atom is -0.495 e. The fourth-order valence-electron chi connectivity index (χ4n) is 2.06. The average molecular weight is 335 g/mol. The van der Waals surface area contributed by atoms with Gasteiger partial charge in [-0.3, -0.25) is 0 Å². The van der Waals surface area contributed by atoms with Crippen molar-refractivity contribution in [1.29, 1.82) is 0 Å². The third-order valence-corrected chi connectivity index (χ3v) is 4.13. The second kappa shape index (κ2) is 6.77. The van der Waals surface area contributed by atoms with E-state index in [0.717, 1.165) is 21.5 Å². The van der Waals surface area contributed by atoms with Crippen LogP contribution in [0.15, 0.2) is 46.9 Å². The molecule has 3 N–H and O–H groups in total. The van der Waals surface area contributed by atoms with E-state index in [1.165, 1.54) is 5.56 Å². The van der Waals surface area contributed by atoms with Crippen molar-refractivity contribution in [2.45, 2.75) is 13.0 Å². The number of benzene rings is 2. The fourth-order valence-corrected chi connectivity index (χ4v) is 2.45. The molecule has 1 unspecified atom stereocenters. The Morgan fingerprint density at radius 2 is 2.00 bits per heavy atom. The first kappa shape index (κ1) is 14.9. The maximum atomic E-state index is 5.91. The number of halogens is 1. The molecule has 106 valence electrons. The van der Waals surface area contributed by atoms with E-state index in [0.29, 0.717) is 6.54 Å². The Hall–Kier alpha value is -1.52. The molecule has 2 aromatic carbocycles. The predicted molar refractivity (Wildman–Crippen MR) is 87.3 cm³/mol. The van der Waals surface area contributed by atoms with Gasteiger partial charge in [-0.15, -0.1) is 0 Å². The van der Waals surface area contributed by atoms with Crippen LogP contribution in [0.4, 0.5) is 5.69 Å². The van der Waals surface area contributed by atoms with Gasteiger partial charge in [-0.2, -0.15) is 0 Å².